The fourth-order valence-corrected chi connectivity index (χ4v) is 1.77. The van der Waals surface area contributed by atoms with Gasteiger partial charge in [-0.25, -0.2) is 4.39 Å². The van der Waals surface area contributed by atoms with Crippen LogP contribution in [-0.2, 0) is 13.2 Å². The molecule has 84 valence electrons. The third-order valence-corrected chi connectivity index (χ3v) is 2.75. The average Bonchev–Trinajstić information content (AvgIpc) is 2.71. The van der Waals surface area contributed by atoms with Gasteiger partial charge >= 0.3 is 0 Å². The Morgan fingerprint density at radius 3 is 2.75 bits per heavy atom. The Morgan fingerprint density at radius 2 is 2.12 bits per heavy atom. The maximum absolute atomic E-state index is 13.5. The second kappa shape index (κ2) is 4.68. The SMILES string of the molecule is OCc1ccn(Cc2c(F)cccc2Cl)c1. The van der Waals surface area contributed by atoms with Crippen LogP contribution in [0.25, 0.3) is 0 Å². The van der Waals surface area contributed by atoms with E-state index in [9.17, 15) is 4.39 Å². The van der Waals surface area contributed by atoms with E-state index in [1.807, 2.05) is 0 Å². The summed E-state index contributed by atoms with van der Waals surface area (Å²) in [5.74, 6) is -0.313. The Labute approximate surface area is 97.9 Å². The highest BCUT2D eigenvalue weighted by Gasteiger charge is 2.07. The molecule has 2 rings (SSSR count). The number of nitrogens with zero attached hydrogens (tertiary/aromatic N) is 1. The Balaban J connectivity index is 2.26. The molecule has 0 spiro atoms. The monoisotopic (exact) mass is 239 g/mol. The maximum Gasteiger partial charge on any atom is 0.129 e. The summed E-state index contributed by atoms with van der Waals surface area (Å²) in [6.45, 7) is 0.351. The zero-order valence-corrected chi connectivity index (χ0v) is 9.28. The van der Waals surface area contributed by atoms with Gasteiger partial charge in [-0.15, -0.1) is 0 Å². The summed E-state index contributed by atoms with van der Waals surface area (Å²) in [4.78, 5) is 0. The van der Waals surface area contributed by atoms with Gasteiger partial charge < -0.3 is 9.67 Å². The second-order valence-electron chi connectivity index (χ2n) is 3.55. The summed E-state index contributed by atoms with van der Waals surface area (Å²) in [6.07, 6.45) is 3.55. The fourth-order valence-electron chi connectivity index (χ4n) is 1.55. The van der Waals surface area contributed by atoms with Crippen molar-refractivity contribution in [1.82, 2.24) is 4.57 Å². The molecule has 0 atom stereocenters. The molecule has 0 saturated heterocycles. The first kappa shape index (κ1) is 11.2. The van der Waals surface area contributed by atoms with Gasteiger partial charge in [0.25, 0.3) is 0 Å². The molecule has 1 aromatic heterocycles. The van der Waals surface area contributed by atoms with Crippen molar-refractivity contribution in [2.75, 3.05) is 0 Å². The molecule has 16 heavy (non-hydrogen) atoms. The van der Waals surface area contributed by atoms with Gasteiger partial charge in [0.15, 0.2) is 0 Å². The molecule has 0 aliphatic rings. The molecule has 0 bridgehead atoms. The molecular weight excluding hydrogens is 229 g/mol. The average molecular weight is 240 g/mol. The van der Waals surface area contributed by atoms with Gasteiger partial charge in [-0.3, -0.25) is 0 Å². The van der Waals surface area contributed by atoms with Crippen LogP contribution in [0.5, 0.6) is 0 Å². The van der Waals surface area contributed by atoms with Crippen molar-refractivity contribution in [3.05, 3.63) is 58.6 Å². The van der Waals surface area contributed by atoms with Gasteiger partial charge in [0.2, 0.25) is 0 Å². The summed E-state index contributed by atoms with van der Waals surface area (Å²) in [6, 6.07) is 6.42. The predicted molar refractivity (Wildman–Crippen MR) is 60.9 cm³/mol. The first-order valence-corrected chi connectivity index (χ1v) is 5.27. The van der Waals surface area contributed by atoms with Crippen LogP contribution in [0.4, 0.5) is 4.39 Å². The Kier molecular flexibility index (Phi) is 3.27. The van der Waals surface area contributed by atoms with Crippen molar-refractivity contribution in [2.24, 2.45) is 0 Å². The minimum atomic E-state index is -0.313. The molecule has 0 saturated carbocycles. The van der Waals surface area contributed by atoms with Crippen molar-refractivity contribution >= 4 is 11.6 Å². The van der Waals surface area contributed by atoms with Crippen LogP contribution in [0.2, 0.25) is 5.02 Å². The number of aliphatic hydroxyl groups excluding tert-OH is 1. The highest BCUT2D eigenvalue weighted by molar-refractivity contribution is 6.31. The molecule has 0 unspecified atom stereocenters. The van der Waals surface area contributed by atoms with Gasteiger partial charge in [-0.2, -0.15) is 0 Å². The lowest BCUT2D eigenvalue weighted by Gasteiger charge is -2.06. The Morgan fingerprint density at radius 1 is 1.31 bits per heavy atom. The lowest BCUT2D eigenvalue weighted by molar-refractivity contribution is 0.282. The van der Waals surface area contributed by atoms with E-state index in [0.29, 0.717) is 17.1 Å². The fraction of sp³-hybridized carbons (Fsp3) is 0.167. The molecule has 2 aromatic rings. The van der Waals surface area contributed by atoms with Crippen molar-refractivity contribution in [2.45, 2.75) is 13.2 Å². The molecule has 4 heteroatoms. The van der Waals surface area contributed by atoms with Gasteiger partial charge in [-0.05, 0) is 23.8 Å². The molecule has 0 radical (unpaired) electrons. The van der Waals surface area contributed by atoms with Crippen LogP contribution in [0.1, 0.15) is 11.1 Å². The van der Waals surface area contributed by atoms with E-state index in [0.717, 1.165) is 5.56 Å². The number of halogens is 2. The molecule has 0 aliphatic carbocycles. The molecule has 2 nitrogen and oxygen atoms in total. The highest BCUT2D eigenvalue weighted by Crippen LogP contribution is 2.20. The third-order valence-electron chi connectivity index (χ3n) is 2.40. The van der Waals surface area contributed by atoms with E-state index in [4.69, 9.17) is 16.7 Å². The van der Waals surface area contributed by atoms with E-state index in [1.54, 1.807) is 35.2 Å². The molecular formula is C12H11ClFNO. The van der Waals surface area contributed by atoms with Crippen molar-refractivity contribution < 1.29 is 9.50 Å². The first-order valence-electron chi connectivity index (χ1n) is 4.89. The number of hydrogen-bond acceptors (Lipinski definition) is 1. The lowest BCUT2D eigenvalue weighted by atomic mass is 10.2. The van der Waals surface area contributed by atoms with Gasteiger partial charge in [0, 0.05) is 23.0 Å². The molecule has 1 N–H and O–H groups in total. The van der Waals surface area contributed by atoms with E-state index in [1.165, 1.54) is 6.07 Å². The van der Waals surface area contributed by atoms with Gasteiger partial charge in [0.05, 0.1) is 13.2 Å². The zero-order valence-electron chi connectivity index (χ0n) is 8.53. The second-order valence-corrected chi connectivity index (χ2v) is 3.96. The largest absolute Gasteiger partial charge is 0.392 e. The van der Waals surface area contributed by atoms with E-state index < -0.39 is 0 Å². The quantitative estimate of drug-likeness (QED) is 0.876. The summed E-state index contributed by atoms with van der Waals surface area (Å²) >= 11 is 5.92. The van der Waals surface area contributed by atoms with Crippen molar-refractivity contribution in [3.8, 4) is 0 Å². The lowest BCUT2D eigenvalue weighted by Crippen LogP contribution is -2.00. The van der Waals surface area contributed by atoms with E-state index >= 15 is 0 Å². The van der Waals surface area contributed by atoms with Crippen molar-refractivity contribution in [3.63, 3.8) is 0 Å². The highest BCUT2D eigenvalue weighted by atomic mass is 35.5. The molecule has 1 heterocycles. The van der Waals surface area contributed by atoms with Crippen molar-refractivity contribution in [1.29, 1.82) is 0 Å². The summed E-state index contributed by atoms with van der Waals surface area (Å²) < 4.78 is 15.3. The van der Waals surface area contributed by atoms with E-state index in [-0.39, 0.29) is 12.4 Å². The normalized spacial score (nSPS) is 10.7. The summed E-state index contributed by atoms with van der Waals surface area (Å²) in [5.41, 5.74) is 1.26. The minimum Gasteiger partial charge on any atom is -0.392 e. The topological polar surface area (TPSA) is 25.2 Å². The van der Waals surface area contributed by atoms with E-state index in [2.05, 4.69) is 0 Å². The minimum absolute atomic E-state index is 0.0159. The van der Waals surface area contributed by atoms with Crippen LogP contribution in [-0.4, -0.2) is 9.67 Å². The number of aliphatic hydroxyl groups is 1. The maximum atomic E-state index is 13.5. The zero-order chi connectivity index (χ0) is 11.5. The molecule has 0 amide bonds. The van der Waals surface area contributed by atoms with Crippen LogP contribution in [0, 0.1) is 5.82 Å². The Hall–Kier alpha value is -1.32. The van der Waals surface area contributed by atoms with Crippen LogP contribution >= 0.6 is 11.6 Å². The predicted octanol–water partition coefficient (Wildman–Crippen LogP) is 2.82. The standard InChI is InChI=1S/C12H11ClFNO/c13-11-2-1-3-12(14)10(11)7-15-5-4-9(6-15)8-16/h1-6,16H,7-8H2. The molecule has 0 fully saturated rings. The smallest absolute Gasteiger partial charge is 0.129 e. The number of hydrogen-bond donors (Lipinski definition) is 1. The number of rotatable bonds is 3. The summed E-state index contributed by atoms with van der Waals surface area (Å²) in [5, 5.41) is 9.33. The summed E-state index contributed by atoms with van der Waals surface area (Å²) in [7, 11) is 0. The molecule has 1 aromatic carbocycles. The van der Waals surface area contributed by atoms with Crippen LogP contribution in [0.3, 0.4) is 0 Å². The molecule has 0 aliphatic heterocycles. The van der Waals surface area contributed by atoms with Crippen LogP contribution in [0.15, 0.2) is 36.7 Å². The Bertz CT molecular complexity index is 475. The number of aromatic nitrogens is 1. The van der Waals surface area contributed by atoms with Gasteiger partial charge in [0.1, 0.15) is 5.82 Å². The number of benzene rings is 1. The first-order chi connectivity index (χ1) is 7.70. The van der Waals surface area contributed by atoms with Gasteiger partial charge in [-0.1, -0.05) is 17.7 Å². The van der Waals surface area contributed by atoms with Crippen LogP contribution < -0.4 is 0 Å². The third kappa shape index (κ3) is 2.26.